The van der Waals surface area contributed by atoms with Crippen molar-refractivity contribution in [1.29, 1.82) is 0 Å². The maximum absolute atomic E-state index is 12.0. The lowest BCUT2D eigenvalue weighted by Crippen LogP contribution is -2.20. The number of methoxy groups -OCH3 is 1. The number of aromatic nitrogens is 1. The molecule has 2 rings (SSSR count). The van der Waals surface area contributed by atoms with Crippen LogP contribution in [-0.4, -0.2) is 44.6 Å². The third-order valence-corrected chi connectivity index (χ3v) is 3.72. The van der Waals surface area contributed by atoms with E-state index in [2.05, 4.69) is 10.3 Å². The van der Waals surface area contributed by atoms with Crippen LogP contribution in [0.15, 0.2) is 42.6 Å². The van der Waals surface area contributed by atoms with Crippen LogP contribution in [0.4, 0.5) is 5.82 Å². The second-order valence-electron chi connectivity index (χ2n) is 6.14. The van der Waals surface area contributed by atoms with Gasteiger partial charge in [-0.2, -0.15) is 0 Å². The molecule has 3 N–H and O–H groups in total. The molecule has 1 aromatic carbocycles. The number of nitrogens with two attached hydrogens (primary N) is 1. The normalized spacial score (nSPS) is 10.5. The van der Waals surface area contributed by atoms with Crippen molar-refractivity contribution in [2.45, 2.75) is 6.54 Å². The Bertz CT molecular complexity index is 848. The van der Waals surface area contributed by atoms with Crippen LogP contribution >= 0.6 is 0 Å². The van der Waals surface area contributed by atoms with Gasteiger partial charge in [0.2, 0.25) is 5.91 Å². The van der Waals surface area contributed by atoms with Gasteiger partial charge in [0.25, 0.3) is 5.91 Å². The van der Waals surface area contributed by atoms with Crippen molar-refractivity contribution in [1.82, 2.24) is 10.3 Å². The lowest BCUT2D eigenvalue weighted by atomic mass is 10.2. The van der Waals surface area contributed by atoms with E-state index in [4.69, 9.17) is 15.2 Å². The Hall–Kier alpha value is -3.55. The van der Waals surface area contributed by atoms with Gasteiger partial charge in [0.1, 0.15) is 5.82 Å². The number of primary amides is 1. The largest absolute Gasteiger partial charge is 0.493 e. The number of nitrogens with one attached hydrogen (secondary N) is 1. The molecule has 8 heteroatoms. The summed E-state index contributed by atoms with van der Waals surface area (Å²) < 4.78 is 10.5. The summed E-state index contributed by atoms with van der Waals surface area (Å²) in [6.07, 6.45) is 4.82. The summed E-state index contributed by atoms with van der Waals surface area (Å²) in [5.41, 5.74) is 6.72. The molecule has 0 atom stereocenters. The summed E-state index contributed by atoms with van der Waals surface area (Å²) in [5, 5.41) is 2.80. The van der Waals surface area contributed by atoms with E-state index in [-0.39, 0.29) is 12.5 Å². The molecule has 2 aromatic rings. The molecule has 0 bridgehead atoms. The highest BCUT2D eigenvalue weighted by molar-refractivity contribution is 5.91. The SMILES string of the molecule is COc1cc(/C=C/C(=O)NCc2ccc(N(C)C)nc2)ccc1OCC(N)=O. The summed E-state index contributed by atoms with van der Waals surface area (Å²) >= 11 is 0. The van der Waals surface area contributed by atoms with Gasteiger partial charge in [-0.1, -0.05) is 12.1 Å². The van der Waals surface area contributed by atoms with Crippen LogP contribution in [0.3, 0.4) is 0 Å². The predicted octanol–water partition coefficient (Wildman–Crippen LogP) is 1.35. The molecule has 1 aromatic heterocycles. The lowest BCUT2D eigenvalue weighted by Gasteiger charge is -2.11. The molecule has 0 fully saturated rings. The Balaban J connectivity index is 1.93. The number of pyridine rings is 1. The molecular formula is C20H24N4O4. The van der Waals surface area contributed by atoms with Crippen molar-refractivity contribution in [2.24, 2.45) is 5.73 Å². The summed E-state index contributed by atoms with van der Waals surface area (Å²) in [4.78, 5) is 29.1. The van der Waals surface area contributed by atoms with Gasteiger partial charge in [-0.15, -0.1) is 0 Å². The second-order valence-corrected chi connectivity index (χ2v) is 6.14. The van der Waals surface area contributed by atoms with Crippen molar-refractivity contribution in [3.8, 4) is 11.5 Å². The van der Waals surface area contributed by atoms with Crippen molar-refractivity contribution < 1.29 is 19.1 Å². The van der Waals surface area contributed by atoms with E-state index < -0.39 is 5.91 Å². The summed E-state index contributed by atoms with van der Waals surface area (Å²) in [7, 11) is 5.32. The number of carbonyl (C=O) groups is 2. The Labute approximate surface area is 164 Å². The molecule has 2 amide bonds. The van der Waals surface area contributed by atoms with Crippen molar-refractivity contribution in [3.05, 3.63) is 53.7 Å². The van der Waals surface area contributed by atoms with E-state index in [1.54, 1.807) is 30.5 Å². The zero-order chi connectivity index (χ0) is 20.5. The first-order valence-corrected chi connectivity index (χ1v) is 8.56. The topological polar surface area (TPSA) is 107 Å². The number of rotatable bonds is 9. The number of ether oxygens (including phenoxy) is 2. The molecular weight excluding hydrogens is 360 g/mol. The van der Waals surface area contributed by atoms with Crippen LogP contribution < -0.4 is 25.4 Å². The van der Waals surface area contributed by atoms with Crippen LogP contribution in [0, 0.1) is 0 Å². The van der Waals surface area contributed by atoms with Crippen molar-refractivity contribution in [2.75, 3.05) is 32.7 Å². The third kappa shape index (κ3) is 6.31. The maximum Gasteiger partial charge on any atom is 0.255 e. The van der Waals surface area contributed by atoms with E-state index in [9.17, 15) is 9.59 Å². The van der Waals surface area contributed by atoms with Gasteiger partial charge in [-0.25, -0.2) is 4.98 Å². The Morgan fingerprint density at radius 2 is 2.00 bits per heavy atom. The molecule has 8 nitrogen and oxygen atoms in total. The van der Waals surface area contributed by atoms with Gasteiger partial charge in [0, 0.05) is 32.9 Å². The smallest absolute Gasteiger partial charge is 0.255 e. The zero-order valence-electron chi connectivity index (χ0n) is 16.1. The number of amides is 2. The fourth-order valence-electron chi connectivity index (χ4n) is 2.26. The number of benzene rings is 1. The van der Waals surface area contributed by atoms with Gasteiger partial charge in [0.15, 0.2) is 18.1 Å². The minimum Gasteiger partial charge on any atom is -0.493 e. The first kappa shape index (κ1) is 20.8. The van der Waals surface area contributed by atoms with Crippen LogP contribution in [0.1, 0.15) is 11.1 Å². The highest BCUT2D eigenvalue weighted by Crippen LogP contribution is 2.28. The summed E-state index contributed by atoms with van der Waals surface area (Å²) in [6, 6.07) is 8.90. The number of anilines is 1. The molecule has 1 heterocycles. The Morgan fingerprint density at radius 3 is 2.61 bits per heavy atom. The molecule has 28 heavy (non-hydrogen) atoms. The van der Waals surface area contributed by atoms with Gasteiger partial charge in [-0.3, -0.25) is 9.59 Å². The minimum atomic E-state index is -0.575. The third-order valence-electron chi connectivity index (χ3n) is 3.72. The first-order chi connectivity index (χ1) is 13.4. The average molecular weight is 384 g/mol. The van der Waals surface area contributed by atoms with Crippen LogP contribution in [0.5, 0.6) is 11.5 Å². The zero-order valence-corrected chi connectivity index (χ0v) is 16.1. The van der Waals surface area contributed by atoms with Gasteiger partial charge < -0.3 is 25.4 Å². The molecule has 0 aliphatic carbocycles. The standard InChI is InChI=1S/C20H24N4O4/c1-24(2)19-8-5-15(11-22-19)12-23-20(26)9-6-14-4-7-16(17(10-14)27-3)28-13-18(21)25/h4-11H,12-13H2,1-3H3,(H2,21,25)(H,23,26)/b9-6+. The second kappa shape index (κ2) is 9.96. The molecule has 0 unspecified atom stereocenters. The predicted molar refractivity (Wildman–Crippen MR) is 107 cm³/mol. The lowest BCUT2D eigenvalue weighted by molar-refractivity contribution is -0.120. The number of hydrogen-bond donors (Lipinski definition) is 2. The van der Waals surface area contributed by atoms with Crippen LogP contribution in [0.2, 0.25) is 0 Å². The quantitative estimate of drug-likeness (QED) is 0.632. The number of carbonyl (C=O) groups excluding carboxylic acids is 2. The molecule has 0 saturated heterocycles. The van der Waals surface area contributed by atoms with E-state index in [1.807, 2.05) is 31.1 Å². The van der Waals surface area contributed by atoms with Gasteiger partial charge in [0.05, 0.1) is 7.11 Å². The van der Waals surface area contributed by atoms with Gasteiger partial charge in [-0.05, 0) is 35.4 Å². The Kier molecular flexibility index (Phi) is 7.38. The summed E-state index contributed by atoms with van der Waals surface area (Å²) in [5.74, 6) is 0.888. The monoisotopic (exact) mass is 384 g/mol. The highest BCUT2D eigenvalue weighted by atomic mass is 16.5. The van der Waals surface area contributed by atoms with Gasteiger partial charge >= 0.3 is 0 Å². The van der Waals surface area contributed by atoms with Crippen LogP contribution in [-0.2, 0) is 16.1 Å². The molecule has 0 aliphatic rings. The average Bonchev–Trinajstić information content (AvgIpc) is 2.69. The number of nitrogens with zero attached hydrogens (tertiary/aromatic N) is 2. The summed E-state index contributed by atoms with van der Waals surface area (Å²) in [6.45, 7) is 0.144. The molecule has 0 spiro atoms. The molecule has 0 aliphatic heterocycles. The highest BCUT2D eigenvalue weighted by Gasteiger charge is 2.06. The fourth-order valence-corrected chi connectivity index (χ4v) is 2.26. The minimum absolute atomic E-state index is 0.232. The van der Waals surface area contributed by atoms with E-state index in [0.717, 1.165) is 16.9 Å². The van der Waals surface area contributed by atoms with Crippen LogP contribution in [0.25, 0.3) is 6.08 Å². The fraction of sp³-hybridized carbons (Fsp3) is 0.250. The first-order valence-electron chi connectivity index (χ1n) is 8.56. The Morgan fingerprint density at radius 1 is 1.21 bits per heavy atom. The van der Waals surface area contributed by atoms with Crippen molar-refractivity contribution in [3.63, 3.8) is 0 Å². The number of hydrogen-bond acceptors (Lipinski definition) is 6. The van der Waals surface area contributed by atoms with E-state index in [1.165, 1.54) is 13.2 Å². The molecule has 148 valence electrons. The molecule has 0 radical (unpaired) electrons. The van der Waals surface area contributed by atoms with E-state index >= 15 is 0 Å². The van der Waals surface area contributed by atoms with Crippen molar-refractivity contribution >= 4 is 23.7 Å². The molecule has 0 saturated carbocycles. The maximum atomic E-state index is 12.0. The van der Waals surface area contributed by atoms with E-state index in [0.29, 0.717) is 18.0 Å².